The highest BCUT2D eigenvalue weighted by atomic mass is 19.4. The zero-order valence-corrected chi connectivity index (χ0v) is 29.3. The number of carbonyl (C=O) groups excluding carboxylic acids is 4. The van der Waals surface area contributed by atoms with E-state index in [-0.39, 0.29) is 58.3 Å². The number of alkyl halides is 6. The molecular weight excluding hydrogens is 730 g/mol. The summed E-state index contributed by atoms with van der Waals surface area (Å²) in [6, 6.07) is 16.8. The van der Waals surface area contributed by atoms with Gasteiger partial charge in [-0.2, -0.15) is 26.3 Å². The van der Waals surface area contributed by atoms with Crippen LogP contribution in [0.5, 0.6) is 23.0 Å². The summed E-state index contributed by atoms with van der Waals surface area (Å²) < 4.78 is 104. The smallest absolute Gasteiger partial charge is 0.411 e. The Morgan fingerprint density at radius 1 is 0.491 bits per heavy atom. The van der Waals surface area contributed by atoms with Crippen LogP contribution in [-0.4, -0.2) is 36.0 Å². The number of amides is 4. The molecule has 2 heterocycles. The summed E-state index contributed by atoms with van der Waals surface area (Å²) in [7, 11) is 0. The van der Waals surface area contributed by atoms with E-state index in [0.717, 1.165) is 70.5 Å². The van der Waals surface area contributed by atoms with Gasteiger partial charge in [-0.25, -0.2) is 9.80 Å². The molecule has 4 aromatic rings. The zero-order chi connectivity index (χ0) is 39.7. The molecule has 0 spiro atoms. The van der Waals surface area contributed by atoms with Crippen molar-refractivity contribution in [3.8, 4) is 23.0 Å². The standard InChI is InChI=1S/C41H32F6N2O6/c1-3-5-25-23-27(7-17-33(25)54-31-13-9-29(10-14-31)48-35(50)19-20-36(48)51)39(40(42,43)44,41(45,46)47)28-8-18-34(26(24-28)6-4-2)55-32-15-11-30(12-16-32)49-37(52)21-22-38(49)53/h7-24H,3-6H2,1-2H3. The van der Waals surface area contributed by atoms with E-state index in [9.17, 15) is 19.2 Å². The Kier molecular flexibility index (Phi) is 10.5. The topological polar surface area (TPSA) is 93.2 Å². The van der Waals surface area contributed by atoms with Crippen molar-refractivity contribution in [3.63, 3.8) is 0 Å². The van der Waals surface area contributed by atoms with Crippen molar-refractivity contribution in [1.82, 2.24) is 0 Å². The molecule has 8 nitrogen and oxygen atoms in total. The maximum atomic E-state index is 15.3. The lowest BCUT2D eigenvalue weighted by molar-refractivity contribution is -0.288. The minimum atomic E-state index is -5.85. The molecule has 0 saturated carbocycles. The first-order valence-electron chi connectivity index (χ1n) is 17.2. The van der Waals surface area contributed by atoms with Gasteiger partial charge in [0.2, 0.25) is 5.41 Å². The van der Waals surface area contributed by atoms with Crippen molar-refractivity contribution in [2.75, 3.05) is 9.80 Å². The third-order valence-electron chi connectivity index (χ3n) is 9.14. The van der Waals surface area contributed by atoms with E-state index in [1.54, 1.807) is 13.8 Å². The number of ether oxygens (including phenoxy) is 2. The predicted molar refractivity (Wildman–Crippen MR) is 190 cm³/mol. The number of halogens is 6. The van der Waals surface area contributed by atoms with Crippen LogP contribution in [0.1, 0.15) is 48.9 Å². The molecule has 2 aliphatic heterocycles. The fraction of sp³-hybridized carbons (Fsp3) is 0.220. The average molecular weight is 763 g/mol. The summed E-state index contributed by atoms with van der Waals surface area (Å²) in [5, 5.41) is 0. The Hall–Kier alpha value is -6.18. The number of benzene rings is 4. The molecular formula is C41H32F6N2O6. The Morgan fingerprint density at radius 2 is 0.818 bits per heavy atom. The highest BCUT2D eigenvalue weighted by molar-refractivity contribution is 6.28. The van der Waals surface area contributed by atoms with Gasteiger partial charge in [0.05, 0.1) is 11.4 Å². The molecule has 284 valence electrons. The Labute approximate surface area is 311 Å². The molecule has 0 atom stereocenters. The second kappa shape index (κ2) is 14.9. The third kappa shape index (κ3) is 7.23. The highest BCUT2D eigenvalue weighted by Gasteiger charge is 2.72. The van der Waals surface area contributed by atoms with Gasteiger partial charge in [0.1, 0.15) is 23.0 Å². The van der Waals surface area contributed by atoms with Gasteiger partial charge < -0.3 is 9.47 Å². The van der Waals surface area contributed by atoms with Crippen molar-refractivity contribution in [3.05, 3.63) is 131 Å². The predicted octanol–water partition coefficient (Wildman–Crippen LogP) is 9.45. The van der Waals surface area contributed by atoms with Gasteiger partial charge in [0, 0.05) is 24.3 Å². The lowest BCUT2D eigenvalue weighted by Gasteiger charge is -2.39. The fourth-order valence-electron chi connectivity index (χ4n) is 6.63. The van der Waals surface area contributed by atoms with Gasteiger partial charge in [-0.15, -0.1) is 0 Å². The summed E-state index contributed by atoms with van der Waals surface area (Å²) in [5.74, 6) is -1.76. The molecule has 0 N–H and O–H groups in total. The molecule has 55 heavy (non-hydrogen) atoms. The van der Waals surface area contributed by atoms with Gasteiger partial charge in [-0.3, -0.25) is 19.2 Å². The van der Waals surface area contributed by atoms with Crippen LogP contribution in [0.15, 0.2) is 109 Å². The van der Waals surface area contributed by atoms with E-state index >= 15 is 26.3 Å². The van der Waals surface area contributed by atoms with Crippen molar-refractivity contribution in [2.24, 2.45) is 0 Å². The van der Waals surface area contributed by atoms with Crippen LogP contribution in [0, 0.1) is 0 Å². The quantitative estimate of drug-likeness (QED) is 0.106. The number of rotatable bonds is 12. The normalized spacial score (nSPS) is 14.8. The largest absolute Gasteiger partial charge is 0.457 e. The number of aryl methyl sites for hydroxylation is 2. The van der Waals surface area contributed by atoms with Crippen LogP contribution < -0.4 is 19.3 Å². The van der Waals surface area contributed by atoms with E-state index in [0.29, 0.717) is 12.8 Å². The highest BCUT2D eigenvalue weighted by Crippen LogP contribution is 2.57. The molecule has 0 unspecified atom stereocenters. The van der Waals surface area contributed by atoms with Crippen LogP contribution in [0.3, 0.4) is 0 Å². The van der Waals surface area contributed by atoms with Gasteiger partial charge >= 0.3 is 12.4 Å². The van der Waals surface area contributed by atoms with E-state index in [2.05, 4.69) is 0 Å². The first-order chi connectivity index (χ1) is 26.1. The second-order valence-electron chi connectivity index (χ2n) is 12.8. The van der Waals surface area contributed by atoms with Crippen molar-refractivity contribution in [1.29, 1.82) is 0 Å². The Morgan fingerprint density at radius 3 is 1.11 bits per heavy atom. The average Bonchev–Trinajstić information content (AvgIpc) is 3.65. The maximum Gasteiger partial charge on any atom is 0.411 e. The molecule has 0 aromatic heterocycles. The maximum absolute atomic E-state index is 15.3. The summed E-state index contributed by atoms with van der Waals surface area (Å²) in [5.41, 5.74) is -5.86. The first-order valence-corrected chi connectivity index (χ1v) is 17.2. The van der Waals surface area contributed by atoms with Gasteiger partial charge in [-0.05, 0) is 95.8 Å². The minimum absolute atomic E-state index is 0.0303. The molecule has 0 radical (unpaired) electrons. The fourth-order valence-corrected chi connectivity index (χ4v) is 6.63. The number of imide groups is 2. The molecule has 4 amide bonds. The number of anilines is 2. The third-order valence-corrected chi connectivity index (χ3v) is 9.14. The van der Waals surface area contributed by atoms with Crippen LogP contribution in [0.2, 0.25) is 0 Å². The summed E-state index contributed by atoms with van der Waals surface area (Å²) >= 11 is 0. The number of carbonyl (C=O) groups is 4. The summed E-state index contributed by atoms with van der Waals surface area (Å²) in [4.78, 5) is 50.0. The van der Waals surface area contributed by atoms with Gasteiger partial charge in [0.15, 0.2) is 0 Å². The van der Waals surface area contributed by atoms with Crippen molar-refractivity contribution in [2.45, 2.75) is 57.3 Å². The summed E-state index contributed by atoms with van der Waals surface area (Å²) in [6.45, 7) is 3.44. The number of hydrogen-bond acceptors (Lipinski definition) is 6. The zero-order valence-electron chi connectivity index (χ0n) is 29.3. The Bertz CT molecular complexity index is 2020. The molecule has 4 aromatic carbocycles. The van der Waals surface area contributed by atoms with E-state index in [1.807, 2.05) is 0 Å². The van der Waals surface area contributed by atoms with Crippen LogP contribution in [0.25, 0.3) is 0 Å². The number of nitrogens with zero attached hydrogens (tertiary/aromatic N) is 2. The SMILES string of the molecule is CCCc1cc(C(c2ccc(Oc3ccc(N4C(=O)C=CC4=O)cc3)c(CCC)c2)(C(F)(F)F)C(F)(F)F)ccc1Oc1ccc(N2C(=O)C=CC2=O)cc1. The summed E-state index contributed by atoms with van der Waals surface area (Å²) in [6.07, 6.45) is -6.35. The number of hydrogen-bond donors (Lipinski definition) is 0. The minimum Gasteiger partial charge on any atom is -0.457 e. The molecule has 0 fully saturated rings. The van der Waals surface area contributed by atoms with E-state index < -0.39 is 52.5 Å². The van der Waals surface area contributed by atoms with Crippen LogP contribution in [-0.2, 0) is 37.4 Å². The molecule has 0 saturated heterocycles. The molecule has 2 aliphatic rings. The lowest BCUT2D eigenvalue weighted by Crippen LogP contribution is -2.54. The van der Waals surface area contributed by atoms with E-state index in [4.69, 9.17) is 9.47 Å². The van der Waals surface area contributed by atoms with Gasteiger partial charge in [-0.1, -0.05) is 51.0 Å². The lowest BCUT2D eigenvalue weighted by atomic mass is 9.71. The Balaban J connectivity index is 1.36. The van der Waals surface area contributed by atoms with Crippen molar-refractivity contribution < 1.29 is 55.0 Å². The van der Waals surface area contributed by atoms with E-state index in [1.165, 1.54) is 48.5 Å². The molecule has 0 aliphatic carbocycles. The monoisotopic (exact) mass is 762 g/mol. The first kappa shape index (κ1) is 38.5. The van der Waals surface area contributed by atoms with Crippen LogP contribution >= 0.6 is 0 Å². The van der Waals surface area contributed by atoms with Crippen molar-refractivity contribution >= 4 is 35.0 Å². The molecule has 14 heteroatoms. The van der Waals surface area contributed by atoms with Gasteiger partial charge in [0.25, 0.3) is 23.6 Å². The molecule has 6 rings (SSSR count). The molecule has 0 bridgehead atoms. The second-order valence-corrected chi connectivity index (χ2v) is 12.8. The van der Waals surface area contributed by atoms with Crippen LogP contribution in [0.4, 0.5) is 37.7 Å².